The van der Waals surface area contributed by atoms with Gasteiger partial charge in [-0.2, -0.15) is 18.2 Å². The van der Waals surface area contributed by atoms with E-state index in [4.69, 9.17) is 0 Å². The van der Waals surface area contributed by atoms with Gasteiger partial charge in [0.05, 0.1) is 6.26 Å². The lowest BCUT2D eigenvalue weighted by molar-refractivity contribution is -0.137. The van der Waals surface area contributed by atoms with E-state index in [1.165, 1.54) is 13.2 Å². The van der Waals surface area contributed by atoms with Gasteiger partial charge in [0.25, 0.3) is 0 Å². The Labute approximate surface area is 182 Å². The average Bonchev–Trinajstić information content (AvgIpc) is 2.71. The summed E-state index contributed by atoms with van der Waals surface area (Å²) in [6, 6.07) is 8.72. The van der Waals surface area contributed by atoms with Crippen molar-refractivity contribution < 1.29 is 21.6 Å². The molecule has 0 saturated carbocycles. The number of halogens is 3. The number of benzene rings is 1. The fourth-order valence-corrected chi connectivity index (χ4v) is 3.12. The molecule has 2 heterocycles. The van der Waals surface area contributed by atoms with Gasteiger partial charge >= 0.3 is 6.18 Å². The summed E-state index contributed by atoms with van der Waals surface area (Å²) in [5.74, 6) is -0.149. The van der Waals surface area contributed by atoms with Crippen LogP contribution in [0.2, 0.25) is 0 Å². The molecular formula is C19H20F3N7O2S. The Morgan fingerprint density at radius 3 is 2.38 bits per heavy atom. The molecule has 0 unspecified atom stereocenters. The number of para-hydroxylation sites is 1. The van der Waals surface area contributed by atoms with Gasteiger partial charge in [-0.3, -0.25) is 4.31 Å². The Kier molecular flexibility index (Phi) is 6.48. The monoisotopic (exact) mass is 467 g/mol. The number of aryl methyl sites for hydroxylation is 1. The summed E-state index contributed by atoms with van der Waals surface area (Å²) in [7, 11) is -2.35. The van der Waals surface area contributed by atoms with Crippen LogP contribution in [0.25, 0.3) is 0 Å². The molecule has 3 aromatic rings. The maximum Gasteiger partial charge on any atom is 0.421 e. The number of nitrogens with one attached hydrogen (secondary N) is 2. The van der Waals surface area contributed by atoms with E-state index in [1.54, 1.807) is 37.3 Å². The lowest BCUT2D eigenvalue weighted by Crippen LogP contribution is -2.28. The first-order valence-corrected chi connectivity index (χ1v) is 11.1. The first-order chi connectivity index (χ1) is 14.9. The molecule has 0 spiro atoms. The minimum absolute atomic E-state index is 0.0414. The van der Waals surface area contributed by atoms with E-state index in [1.807, 2.05) is 0 Å². The zero-order valence-electron chi connectivity index (χ0n) is 17.3. The van der Waals surface area contributed by atoms with Gasteiger partial charge in [0.1, 0.15) is 17.2 Å². The van der Waals surface area contributed by atoms with Gasteiger partial charge in [-0.15, -0.1) is 0 Å². The molecule has 13 heteroatoms. The highest BCUT2D eigenvalue weighted by Crippen LogP contribution is 2.34. The second-order valence-corrected chi connectivity index (χ2v) is 8.81. The van der Waals surface area contributed by atoms with Crippen LogP contribution in [-0.2, 0) is 22.7 Å². The van der Waals surface area contributed by atoms with E-state index in [-0.39, 0.29) is 23.9 Å². The Bertz CT molecular complexity index is 1210. The fourth-order valence-electron chi connectivity index (χ4n) is 2.65. The number of anilines is 4. The number of rotatable bonds is 7. The second kappa shape index (κ2) is 8.94. The lowest BCUT2D eigenvalue weighted by atomic mass is 10.2. The van der Waals surface area contributed by atoms with Crippen LogP contribution in [0.3, 0.4) is 0 Å². The van der Waals surface area contributed by atoms with Gasteiger partial charge in [-0.05, 0) is 19.1 Å². The van der Waals surface area contributed by atoms with Crippen LogP contribution >= 0.6 is 0 Å². The van der Waals surface area contributed by atoms with Crippen molar-refractivity contribution in [3.8, 4) is 0 Å². The van der Waals surface area contributed by atoms with Crippen molar-refractivity contribution >= 4 is 33.3 Å². The van der Waals surface area contributed by atoms with Crippen molar-refractivity contribution in [2.24, 2.45) is 0 Å². The van der Waals surface area contributed by atoms with Gasteiger partial charge < -0.3 is 10.6 Å². The molecular weight excluding hydrogens is 447 g/mol. The SMILES string of the molecule is Cc1ncc(CNc2nc(Nc3ccccc3)ncc2C(F)(F)F)c(N(C)S(C)(=O)=O)n1. The van der Waals surface area contributed by atoms with Crippen LogP contribution in [0.1, 0.15) is 17.0 Å². The molecule has 0 aliphatic carbocycles. The number of hydrogen-bond donors (Lipinski definition) is 2. The molecule has 0 aliphatic heterocycles. The molecule has 0 aliphatic rings. The molecule has 3 rings (SSSR count). The Morgan fingerprint density at radius 1 is 1.06 bits per heavy atom. The predicted molar refractivity (Wildman–Crippen MR) is 114 cm³/mol. The molecule has 170 valence electrons. The third kappa shape index (κ3) is 5.60. The van der Waals surface area contributed by atoms with Crippen molar-refractivity contribution in [2.45, 2.75) is 19.6 Å². The van der Waals surface area contributed by atoms with Crippen LogP contribution in [0.5, 0.6) is 0 Å². The molecule has 1 aromatic carbocycles. The molecule has 2 aromatic heterocycles. The van der Waals surface area contributed by atoms with Crippen LogP contribution in [0.4, 0.5) is 36.4 Å². The first kappa shape index (κ1) is 23.2. The third-order valence-corrected chi connectivity index (χ3v) is 5.50. The number of sulfonamides is 1. The largest absolute Gasteiger partial charge is 0.421 e. The minimum Gasteiger partial charge on any atom is -0.365 e. The standard InChI is InChI=1S/C19H20F3N7O2S/c1-12-23-9-13(17(26-12)29(2)32(3,30)31)10-24-16-15(19(20,21)22)11-25-18(28-16)27-14-7-5-4-6-8-14/h4-9,11H,10H2,1-3H3,(H2,24,25,27,28). The summed E-state index contributed by atoms with van der Waals surface area (Å²) in [4.78, 5) is 15.9. The Balaban J connectivity index is 1.93. The summed E-state index contributed by atoms with van der Waals surface area (Å²) in [6.45, 7) is 1.37. The van der Waals surface area contributed by atoms with Gasteiger partial charge in [0.15, 0.2) is 5.82 Å². The van der Waals surface area contributed by atoms with Crippen LogP contribution in [0.15, 0.2) is 42.7 Å². The summed E-state index contributed by atoms with van der Waals surface area (Å²) in [5.41, 5.74) is -0.197. The molecule has 0 atom stereocenters. The van der Waals surface area contributed by atoms with E-state index in [0.717, 1.165) is 10.6 Å². The molecule has 0 fully saturated rings. The molecule has 32 heavy (non-hydrogen) atoms. The van der Waals surface area contributed by atoms with E-state index in [9.17, 15) is 21.6 Å². The van der Waals surface area contributed by atoms with E-state index < -0.39 is 27.6 Å². The zero-order chi connectivity index (χ0) is 23.5. The van der Waals surface area contributed by atoms with Crippen LogP contribution in [0, 0.1) is 6.92 Å². The number of hydrogen-bond acceptors (Lipinski definition) is 8. The normalized spacial score (nSPS) is 11.8. The van der Waals surface area contributed by atoms with Gasteiger partial charge in [-0.1, -0.05) is 18.2 Å². The minimum atomic E-state index is -4.70. The second-order valence-electron chi connectivity index (χ2n) is 6.79. The van der Waals surface area contributed by atoms with Crippen molar-refractivity contribution in [2.75, 3.05) is 28.2 Å². The zero-order valence-corrected chi connectivity index (χ0v) is 18.2. The van der Waals surface area contributed by atoms with Gasteiger partial charge in [0, 0.05) is 37.2 Å². The quantitative estimate of drug-likeness (QED) is 0.544. The molecule has 9 nitrogen and oxygen atoms in total. The van der Waals surface area contributed by atoms with E-state index >= 15 is 0 Å². The smallest absolute Gasteiger partial charge is 0.365 e. The maximum absolute atomic E-state index is 13.5. The first-order valence-electron chi connectivity index (χ1n) is 9.22. The van der Waals surface area contributed by atoms with Crippen molar-refractivity contribution in [3.05, 3.63) is 59.7 Å². The summed E-state index contributed by atoms with van der Waals surface area (Å²) in [6.07, 6.45) is -1.68. The van der Waals surface area contributed by atoms with Crippen molar-refractivity contribution in [1.29, 1.82) is 0 Å². The number of alkyl halides is 3. The number of nitrogens with zero attached hydrogens (tertiary/aromatic N) is 5. The van der Waals surface area contributed by atoms with E-state index in [0.29, 0.717) is 17.7 Å². The Hall–Kier alpha value is -3.48. The fraction of sp³-hybridized carbons (Fsp3) is 0.263. The maximum atomic E-state index is 13.5. The lowest BCUT2D eigenvalue weighted by Gasteiger charge is -2.20. The predicted octanol–water partition coefficient (Wildman–Crippen LogP) is 3.35. The highest BCUT2D eigenvalue weighted by Gasteiger charge is 2.35. The van der Waals surface area contributed by atoms with Crippen molar-refractivity contribution in [1.82, 2.24) is 19.9 Å². The topological polar surface area (TPSA) is 113 Å². The van der Waals surface area contributed by atoms with E-state index in [2.05, 4.69) is 30.6 Å². The molecule has 0 amide bonds. The summed E-state index contributed by atoms with van der Waals surface area (Å²) < 4.78 is 65.3. The van der Waals surface area contributed by atoms with Crippen LogP contribution in [-0.4, -0.2) is 41.7 Å². The van der Waals surface area contributed by atoms with Crippen molar-refractivity contribution in [3.63, 3.8) is 0 Å². The number of aromatic nitrogens is 4. The van der Waals surface area contributed by atoms with Crippen LogP contribution < -0.4 is 14.9 Å². The third-order valence-electron chi connectivity index (χ3n) is 4.33. The average molecular weight is 467 g/mol. The summed E-state index contributed by atoms with van der Waals surface area (Å²) in [5, 5.41) is 5.45. The van der Waals surface area contributed by atoms with Gasteiger partial charge in [-0.25, -0.2) is 23.4 Å². The molecule has 0 saturated heterocycles. The summed E-state index contributed by atoms with van der Waals surface area (Å²) >= 11 is 0. The molecule has 0 radical (unpaired) electrons. The highest BCUT2D eigenvalue weighted by atomic mass is 32.2. The Morgan fingerprint density at radius 2 is 1.75 bits per heavy atom. The molecule has 0 bridgehead atoms. The van der Waals surface area contributed by atoms with Gasteiger partial charge in [0.2, 0.25) is 16.0 Å². The molecule has 2 N–H and O–H groups in total. The highest BCUT2D eigenvalue weighted by molar-refractivity contribution is 7.92.